The van der Waals surface area contributed by atoms with Crippen LogP contribution in [0.25, 0.3) is 0 Å². The van der Waals surface area contributed by atoms with Gasteiger partial charge in [-0.25, -0.2) is 4.79 Å². The van der Waals surface area contributed by atoms with Gasteiger partial charge in [-0.2, -0.15) is 0 Å². The van der Waals surface area contributed by atoms with Crippen molar-refractivity contribution in [3.8, 4) is 11.5 Å². The summed E-state index contributed by atoms with van der Waals surface area (Å²) in [5.41, 5.74) is 2.53. The van der Waals surface area contributed by atoms with Crippen molar-refractivity contribution in [1.29, 1.82) is 0 Å². The lowest BCUT2D eigenvalue weighted by molar-refractivity contribution is -0.255. The Labute approximate surface area is 284 Å². The minimum Gasteiger partial charge on any atom is -0.508 e. The summed E-state index contributed by atoms with van der Waals surface area (Å²) in [4.78, 5) is 21.4. The summed E-state index contributed by atoms with van der Waals surface area (Å²) in [6.07, 6.45) is 11.4. The third kappa shape index (κ3) is 7.54. The van der Waals surface area contributed by atoms with E-state index in [9.17, 15) is 20.1 Å². The van der Waals surface area contributed by atoms with Crippen molar-refractivity contribution < 1.29 is 43.9 Å². The summed E-state index contributed by atoms with van der Waals surface area (Å²) < 4.78 is 25.1. The summed E-state index contributed by atoms with van der Waals surface area (Å²) in [6.45, 7) is 7.38. The maximum Gasteiger partial charge on any atom is 0.409 e. The molecule has 0 spiro atoms. The van der Waals surface area contributed by atoms with Crippen LogP contribution in [0.1, 0.15) is 89.0 Å². The molecule has 1 aromatic carbocycles. The van der Waals surface area contributed by atoms with Gasteiger partial charge in [0.25, 0.3) is 0 Å². The Morgan fingerprint density at radius 1 is 1.17 bits per heavy atom. The lowest BCUT2D eigenvalue weighted by atomic mass is 9.55. The average molecular weight is 671 g/mol. The standard InChI is InChI=1S/C37H54N2O9/c1-4-17-39(36(43)44-3)32-24-30(38-48-33-14-8-11-21-45-33)28-22-25(12-6-9-18-40)27(13-7-10-19-41)34-29-23-26(42)15-16-31(29)47-37(32,35(28)34)46-20-5-2/h5,15-16,22-23,25,27,32-35,40-42H,2,4,6-14,17-21,24H2,1,3H3. The SMILES string of the molecule is C=CCOC12Oc3ccc(O)cc3C3C(CCCCO)C(CCCCO)C=C(C(=NOC4CCCCO4)CC1N(CCC)C(=O)OC)C32. The fourth-order valence-electron chi connectivity index (χ4n) is 8.31. The lowest BCUT2D eigenvalue weighted by Crippen LogP contribution is -2.70. The van der Waals surface area contributed by atoms with Crippen LogP contribution in [0.5, 0.6) is 11.5 Å². The largest absolute Gasteiger partial charge is 0.508 e. The number of ether oxygens (including phenoxy) is 4. The number of unbranched alkanes of at least 4 members (excludes halogenated alkanes) is 2. The van der Waals surface area contributed by atoms with E-state index < -0.39 is 30.1 Å². The molecule has 11 nitrogen and oxygen atoms in total. The Kier molecular flexibility index (Phi) is 12.8. The molecule has 2 aliphatic heterocycles. The molecular weight excluding hydrogens is 616 g/mol. The second-order valence-electron chi connectivity index (χ2n) is 13.4. The normalized spacial score (nSPS) is 30.0. The van der Waals surface area contributed by atoms with Gasteiger partial charge in [-0.15, -0.1) is 6.58 Å². The smallest absolute Gasteiger partial charge is 0.409 e. The summed E-state index contributed by atoms with van der Waals surface area (Å²) >= 11 is 0. The number of phenols is 1. The van der Waals surface area contributed by atoms with E-state index in [4.69, 9.17) is 28.9 Å². The van der Waals surface area contributed by atoms with Crippen molar-refractivity contribution in [2.75, 3.05) is 40.1 Å². The monoisotopic (exact) mass is 670 g/mol. The van der Waals surface area contributed by atoms with E-state index in [2.05, 4.69) is 12.7 Å². The van der Waals surface area contributed by atoms with E-state index >= 15 is 0 Å². The summed E-state index contributed by atoms with van der Waals surface area (Å²) in [5, 5.41) is 35.0. The minimum absolute atomic E-state index is 0.0838. The van der Waals surface area contributed by atoms with E-state index in [-0.39, 0.29) is 43.3 Å². The van der Waals surface area contributed by atoms with Gasteiger partial charge in [0.2, 0.25) is 12.1 Å². The molecule has 7 atom stereocenters. The number of hydrogen-bond donors (Lipinski definition) is 3. The number of hydrogen-bond acceptors (Lipinski definition) is 10. The van der Waals surface area contributed by atoms with Gasteiger partial charge in [0.15, 0.2) is 0 Å². The number of phenolic OH excluding ortho intramolecular Hbond substituents is 1. The van der Waals surface area contributed by atoms with Gasteiger partial charge in [-0.05, 0) is 80.6 Å². The molecule has 1 saturated heterocycles. The lowest BCUT2D eigenvalue weighted by Gasteiger charge is -2.59. The van der Waals surface area contributed by atoms with Crippen LogP contribution in [0.4, 0.5) is 4.79 Å². The first-order valence-corrected chi connectivity index (χ1v) is 17.8. The number of nitrogens with zero attached hydrogens (tertiary/aromatic N) is 2. The van der Waals surface area contributed by atoms with Gasteiger partial charge in [-0.3, -0.25) is 4.90 Å². The Morgan fingerprint density at radius 2 is 1.96 bits per heavy atom. The fourth-order valence-corrected chi connectivity index (χ4v) is 8.31. The highest BCUT2D eigenvalue weighted by atomic mass is 16.8. The number of aliphatic hydroxyl groups is 2. The number of carbonyl (C=O) groups is 1. The Morgan fingerprint density at radius 3 is 2.65 bits per heavy atom. The maximum absolute atomic E-state index is 13.6. The number of oxime groups is 1. The van der Waals surface area contributed by atoms with E-state index in [1.165, 1.54) is 7.11 Å². The van der Waals surface area contributed by atoms with Gasteiger partial charge >= 0.3 is 6.09 Å². The van der Waals surface area contributed by atoms with Gasteiger partial charge in [0.05, 0.1) is 32.0 Å². The maximum atomic E-state index is 13.6. The molecule has 2 fully saturated rings. The van der Waals surface area contributed by atoms with Crippen LogP contribution in [-0.4, -0.2) is 90.2 Å². The molecule has 5 rings (SSSR count). The molecule has 2 aliphatic carbocycles. The molecule has 266 valence electrons. The van der Waals surface area contributed by atoms with E-state index in [0.29, 0.717) is 50.3 Å². The van der Waals surface area contributed by atoms with E-state index in [0.717, 1.165) is 56.1 Å². The molecule has 0 radical (unpaired) electrons. The van der Waals surface area contributed by atoms with Crippen molar-refractivity contribution in [3.63, 3.8) is 0 Å². The molecule has 48 heavy (non-hydrogen) atoms. The molecular formula is C37H54N2O9. The first-order valence-electron chi connectivity index (χ1n) is 17.8. The molecule has 0 aromatic heterocycles. The third-order valence-electron chi connectivity index (χ3n) is 10.3. The summed E-state index contributed by atoms with van der Waals surface area (Å²) in [5.74, 6) is -1.04. The number of benzene rings is 1. The van der Waals surface area contributed by atoms with Crippen LogP contribution in [0.15, 0.2) is 47.7 Å². The van der Waals surface area contributed by atoms with Crippen molar-refractivity contribution in [3.05, 3.63) is 48.1 Å². The first kappa shape index (κ1) is 36.2. The van der Waals surface area contributed by atoms with Crippen LogP contribution in [-0.2, 0) is 19.0 Å². The second-order valence-corrected chi connectivity index (χ2v) is 13.4. The zero-order valence-electron chi connectivity index (χ0n) is 28.6. The summed E-state index contributed by atoms with van der Waals surface area (Å²) in [6, 6.07) is 4.55. The third-order valence-corrected chi connectivity index (χ3v) is 10.3. The van der Waals surface area contributed by atoms with Crippen LogP contribution in [0.2, 0.25) is 0 Å². The number of methoxy groups -OCH3 is 1. The second kappa shape index (κ2) is 17.0. The highest BCUT2D eigenvalue weighted by Crippen LogP contribution is 2.61. The van der Waals surface area contributed by atoms with E-state index in [1.54, 1.807) is 29.2 Å². The van der Waals surface area contributed by atoms with Crippen LogP contribution >= 0.6 is 0 Å². The van der Waals surface area contributed by atoms with Crippen molar-refractivity contribution in [2.45, 2.75) is 102 Å². The topological polar surface area (TPSA) is 140 Å². The number of carbonyl (C=O) groups excluding carboxylic acids is 1. The van der Waals surface area contributed by atoms with Crippen molar-refractivity contribution in [1.82, 2.24) is 4.90 Å². The Bertz CT molecular complexity index is 1300. The highest BCUT2D eigenvalue weighted by Gasteiger charge is 2.65. The van der Waals surface area contributed by atoms with Gasteiger partial charge < -0.3 is 39.1 Å². The fraction of sp³-hybridized carbons (Fsp3) is 0.676. The molecule has 1 aromatic rings. The zero-order valence-corrected chi connectivity index (χ0v) is 28.6. The number of amides is 1. The molecule has 4 aliphatic rings. The van der Waals surface area contributed by atoms with Crippen LogP contribution in [0, 0.1) is 17.8 Å². The van der Waals surface area contributed by atoms with Crippen LogP contribution in [0.3, 0.4) is 0 Å². The highest BCUT2D eigenvalue weighted by molar-refractivity contribution is 6.02. The van der Waals surface area contributed by atoms with Gasteiger partial charge in [-0.1, -0.05) is 37.1 Å². The molecule has 1 saturated carbocycles. The molecule has 11 heteroatoms. The molecule has 1 amide bonds. The molecule has 2 heterocycles. The predicted molar refractivity (Wildman–Crippen MR) is 181 cm³/mol. The molecule has 7 unspecified atom stereocenters. The van der Waals surface area contributed by atoms with Crippen molar-refractivity contribution in [2.24, 2.45) is 22.9 Å². The van der Waals surface area contributed by atoms with Gasteiger partial charge in [0.1, 0.15) is 17.5 Å². The molecule has 3 N–H and O–H groups in total. The number of allylic oxidation sites excluding steroid dienone is 1. The molecule has 0 bridgehead atoms. The predicted octanol–water partition coefficient (Wildman–Crippen LogP) is 6.03. The number of rotatable bonds is 16. The Hall–Kier alpha value is -3.12. The average Bonchev–Trinajstić information content (AvgIpc) is 3.10. The Balaban J connectivity index is 1.74. The number of fused-ring (bicyclic) bond motifs is 2. The van der Waals surface area contributed by atoms with Gasteiger partial charge in [0, 0.05) is 44.1 Å². The number of aliphatic hydroxyl groups excluding tert-OH is 2. The summed E-state index contributed by atoms with van der Waals surface area (Å²) in [7, 11) is 1.38. The quantitative estimate of drug-likeness (QED) is 0.109. The zero-order chi connectivity index (χ0) is 34.1. The minimum atomic E-state index is -1.34. The number of aromatic hydroxyl groups is 1. The van der Waals surface area contributed by atoms with Crippen LogP contribution < -0.4 is 4.74 Å². The van der Waals surface area contributed by atoms with E-state index in [1.807, 2.05) is 6.92 Å². The van der Waals surface area contributed by atoms with Crippen molar-refractivity contribution >= 4 is 11.8 Å². The first-order chi connectivity index (χ1) is 23.4.